The molecule has 1 aliphatic heterocycles. The standard InChI is InChI=1S/C24H18Cl2N4O4/c1-33-23(31)19-18(14-6-4-3-5-7-14)15(12-28)22(29)30(21(19)24(32)34-2)20-16(25)10-13(8-9-27)11-17(20)26/h3-7,10-11,18H,8,29H2,1-2H3. The van der Waals surface area contributed by atoms with Gasteiger partial charge in [-0.25, -0.2) is 9.59 Å². The Morgan fingerprint density at radius 1 is 1.06 bits per heavy atom. The van der Waals surface area contributed by atoms with Crippen molar-refractivity contribution in [2.75, 3.05) is 19.1 Å². The summed E-state index contributed by atoms with van der Waals surface area (Å²) >= 11 is 13.0. The van der Waals surface area contributed by atoms with Crippen molar-refractivity contribution in [3.05, 3.63) is 86.3 Å². The molecule has 1 heterocycles. The number of nitrogens with zero attached hydrogens (tertiary/aromatic N) is 3. The van der Waals surface area contributed by atoms with E-state index in [0.717, 1.165) is 19.1 Å². The Kier molecular flexibility index (Phi) is 7.47. The van der Waals surface area contributed by atoms with Crippen molar-refractivity contribution in [1.82, 2.24) is 0 Å². The average molecular weight is 497 g/mol. The van der Waals surface area contributed by atoms with E-state index in [1.165, 1.54) is 12.1 Å². The van der Waals surface area contributed by atoms with Crippen LogP contribution in [0.1, 0.15) is 17.0 Å². The smallest absolute Gasteiger partial charge is 0.355 e. The molecule has 8 nitrogen and oxygen atoms in total. The number of nitriles is 2. The van der Waals surface area contributed by atoms with Gasteiger partial charge in [0.05, 0.1) is 65.6 Å². The maximum atomic E-state index is 13.1. The summed E-state index contributed by atoms with van der Waals surface area (Å²) < 4.78 is 9.96. The fourth-order valence-electron chi connectivity index (χ4n) is 3.77. The summed E-state index contributed by atoms with van der Waals surface area (Å²) in [6, 6.07) is 15.6. The van der Waals surface area contributed by atoms with Crippen LogP contribution in [0.4, 0.5) is 5.69 Å². The van der Waals surface area contributed by atoms with Gasteiger partial charge in [0.25, 0.3) is 0 Å². The van der Waals surface area contributed by atoms with Crippen LogP contribution in [0.3, 0.4) is 0 Å². The number of benzene rings is 2. The van der Waals surface area contributed by atoms with Crippen molar-refractivity contribution in [3.8, 4) is 12.1 Å². The molecule has 0 aromatic heterocycles. The molecule has 172 valence electrons. The number of methoxy groups -OCH3 is 2. The Morgan fingerprint density at radius 2 is 1.65 bits per heavy atom. The van der Waals surface area contributed by atoms with Gasteiger partial charge in [-0.3, -0.25) is 4.90 Å². The Labute approximate surface area is 206 Å². The number of carbonyl (C=O) groups is 2. The number of rotatable bonds is 5. The molecule has 1 atom stereocenters. The largest absolute Gasteiger partial charge is 0.466 e. The highest BCUT2D eigenvalue weighted by Gasteiger charge is 2.44. The predicted molar refractivity (Wildman–Crippen MR) is 125 cm³/mol. The zero-order chi connectivity index (χ0) is 25.0. The van der Waals surface area contributed by atoms with E-state index in [4.69, 9.17) is 43.7 Å². The van der Waals surface area contributed by atoms with Crippen molar-refractivity contribution in [2.45, 2.75) is 12.3 Å². The normalized spacial score (nSPS) is 15.5. The van der Waals surface area contributed by atoms with Gasteiger partial charge < -0.3 is 15.2 Å². The summed E-state index contributed by atoms with van der Waals surface area (Å²) in [6.45, 7) is 0. The predicted octanol–water partition coefficient (Wildman–Crippen LogP) is 3.96. The quantitative estimate of drug-likeness (QED) is 0.615. The fraction of sp³-hybridized carbons (Fsp3) is 0.167. The first-order chi connectivity index (χ1) is 16.3. The minimum atomic E-state index is -1.01. The highest BCUT2D eigenvalue weighted by atomic mass is 35.5. The van der Waals surface area contributed by atoms with Crippen LogP contribution in [-0.4, -0.2) is 26.2 Å². The fourth-order valence-corrected chi connectivity index (χ4v) is 4.47. The second kappa shape index (κ2) is 10.3. The molecule has 0 fully saturated rings. The van der Waals surface area contributed by atoms with Crippen LogP contribution in [0.15, 0.2) is 65.1 Å². The van der Waals surface area contributed by atoms with Gasteiger partial charge in [0.2, 0.25) is 0 Å². The molecule has 0 spiro atoms. The van der Waals surface area contributed by atoms with Crippen LogP contribution in [0, 0.1) is 22.7 Å². The number of anilines is 1. The van der Waals surface area contributed by atoms with E-state index >= 15 is 0 Å². The summed E-state index contributed by atoms with van der Waals surface area (Å²) in [5.41, 5.74) is 7.06. The van der Waals surface area contributed by atoms with Gasteiger partial charge in [-0.05, 0) is 23.3 Å². The third-order valence-corrected chi connectivity index (χ3v) is 5.77. The Hall–Kier alpha value is -3.98. The first-order valence-corrected chi connectivity index (χ1v) is 10.6. The molecule has 10 heteroatoms. The average Bonchev–Trinajstić information content (AvgIpc) is 2.83. The summed E-state index contributed by atoms with van der Waals surface area (Å²) in [6.07, 6.45) is 0.0394. The number of allylic oxidation sites excluding steroid dienone is 1. The van der Waals surface area contributed by atoms with Crippen LogP contribution < -0.4 is 10.6 Å². The summed E-state index contributed by atoms with van der Waals surface area (Å²) in [7, 11) is 2.29. The second-order valence-electron chi connectivity index (χ2n) is 7.08. The lowest BCUT2D eigenvalue weighted by Crippen LogP contribution is -2.41. The molecule has 0 aliphatic carbocycles. The molecule has 3 rings (SSSR count). The zero-order valence-electron chi connectivity index (χ0n) is 18.1. The SMILES string of the molecule is COC(=O)C1=C(C(=O)OC)N(c2c(Cl)cc(CC#N)cc2Cl)C(N)=C(C#N)C1c1ccccc1. The zero-order valence-corrected chi connectivity index (χ0v) is 19.6. The molecule has 2 aromatic rings. The van der Waals surface area contributed by atoms with Crippen LogP contribution >= 0.6 is 23.2 Å². The Morgan fingerprint density at radius 3 is 2.15 bits per heavy atom. The van der Waals surface area contributed by atoms with Gasteiger partial charge in [-0.15, -0.1) is 0 Å². The monoisotopic (exact) mass is 496 g/mol. The summed E-state index contributed by atoms with van der Waals surface area (Å²) in [5, 5.41) is 19.1. The van der Waals surface area contributed by atoms with Crippen molar-refractivity contribution >= 4 is 40.8 Å². The molecule has 2 aromatic carbocycles. The molecular formula is C24H18Cl2N4O4. The third kappa shape index (κ3) is 4.29. The van der Waals surface area contributed by atoms with Crippen molar-refractivity contribution in [3.63, 3.8) is 0 Å². The van der Waals surface area contributed by atoms with Crippen LogP contribution in [-0.2, 0) is 25.5 Å². The van der Waals surface area contributed by atoms with Crippen molar-refractivity contribution in [2.24, 2.45) is 5.73 Å². The van der Waals surface area contributed by atoms with Gasteiger partial charge in [0.1, 0.15) is 11.5 Å². The lowest BCUT2D eigenvalue weighted by Gasteiger charge is -2.36. The number of ether oxygens (including phenoxy) is 2. The lowest BCUT2D eigenvalue weighted by molar-refractivity contribution is -0.139. The number of hydrogen-bond donors (Lipinski definition) is 1. The number of hydrogen-bond acceptors (Lipinski definition) is 8. The van der Waals surface area contributed by atoms with E-state index in [2.05, 4.69) is 0 Å². The van der Waals surface area contributed by atoms with Gasteiger partial charge in [-0.1, -0.05) is 53.5 Å². The highest BCUT2D eigenvalue weighted by molar-refractivity contribution is 6.39. The first-order valence-electron chi connectivity index (χ1n) is 9.81. The van der Waals surface area contributed by atoms with Gasteiger partial charge in [-0.2, -0.15) is 10.5 Å². The minimum Gasteiger partial charge on any atom is -0.466 e. The molecule has 1 aliphatic rings. The van der Waals surface area contributed by atoms with Crippen LogP contribution in [0.2, 0.25) is 10.0 Å². The number of nitrogens with two attached hydrogens (primary N) is 1. The van der Waals surface area contributed by atoms with Gasteiger partial charge >= 0.3 is 11.9 Å². The minimum absolute atomic E-state index is 0.0208. The molecule has 34 heavy (non-hydrogen) atoms. The molecule has 0 saturated carbocycles. The Balaban J connectivity index is 2.44. The van der Waals surface area contributed by atoms with E-state index in [9.17, 15) is 14.9 Å². The molecular weight excluding hydrogens is 479 g/mol. The maximum Gasteiger partial charge on any atom is 0.355 e. The molecule has 0 saturated heterocycles. The number of esters is 2. The topological polar surface area (TPSA) is 129 Å². The number of halogens is 2. The molecule has 0 radical (unpaired) electrons. The summed E-state index contributed by atoms with van der Waals surface area (Å²) in [4.78, 5) is 27.2. The first kappa shape index (κ1) is 24.7. The molecule has 1 unspecified atom stereocenters. The van der Waals surface area contributed by atoms with Crippen LogP contribution in [0.25, 0.3) is 0 Å². The van der Waals surface area contributed by atoms with E-state index in [1.54, 1.807) is 30.3 Å². The molecule has 2 N–H and O–H groups in total. The van der Waals surface area contributed by atoms with Gasteiger partial charge in [0, 0.05) is 0 Å². The molecule has 0 amide bonds. The van der Waals surface area contributed by atoms with Gasteiger partial charge in [0.15, 0.2) is 0 Å². The third-order valence-electron chi connectivity index (χ3n) is 5.19. The Bertz CT molecular complexity index is 1280. The van der Waals surface area contributed by atoms with E-state index in [0.29, 0.717) is 11.1 Å². The van der Waals surface area contributed by atoms with E-state index in [-0.39, 0.29) is 44.8 Å². The van der Waals surface area contributed by atoms with Crippen LogP contribution in [0.5, 0.6) is 0 Å². The van der Waals surface area contributed by atoms with E-state index in [1.807, 2.05) is 12.1 Å². The maximum absolute atomic E-state index is 13.1. The second-order valence-corrected chi connectivity index (χ2v) is 7.89. The van der Waals surface area contributed by atoms with Crippen molar-refractivity contribution in [1.29, 1.82) is 10.5 Å². The number of carbonyl (C=O) groups excluding carboxylic acids is 2. The highest BCUT2D eigenvalue weighted by Crippen LogP contribution is 2.46. The summed E-state index contributed by atoms with van der Waals surface area (Å²) in [5.74, 6) is -2.97. The molecule has 0 bridgehead atoms. The lowest BCUT2D eigenvalue weighted by atomic mass is 9.81. The van der Waals surface area contributed by atoms with E-state index < -0.39 is 17.9 Å². The van der Waals surface area contributed by atoms with Crippen molar-refractivity contribution < 1.29 is 19.1 Å².